The van der Waals surface area contributed by atoms with Crippen LogP contribution in [0.25, 0.3) is 0 Å². The van der Waals surface area contributed by atoms with E-state index in [2.05, 4.69) is 29.7 Å². The molecule has 2 unspecified atom stereocenters. The molecule has 0 aromatic rings. The number of nitrogens with two attached hydrogens (primary N) is 1. The quantitative estimate of drug-likeness (QED) is 0.714. The van der Waals surface area contributed by atoms with Crippen LogP contribution in [0, 0.1) is 11.3 Å². The van der Waals surface area contributed by atoms with Crippen molar-refractivity contribution >= 4 is 0 Å². The lowest BCUT2D eigenvalue weighted by Gasteiger charge is -2.37. The van der Waals surface area contributed by atoms with Crippen molar-refractivity contribution in [2.75, 3.05) is 32.7 Å². The second-order valence-corrected chi connectivity index (χ2v) is 6.12. The van der Waals surface area contributed by atoms with Gasteiger partial charge >= 0.3 is 0 Å². The minimum Gasteiger partial charge on any atom is -0.314 e. The van der Waals surface area contributed by atoms with Gasteiger partial charge in [0, 0.05) is 32.2 Å². The van der Waals surface area contributed by atoms with E-state index in [4.69, 9.17) is 11.0 Å². The first-order chi connectivity index (χ1) is 8.98. The Kier molecular flexibility index (Phi) is 6.78. The molecule has 0 spiro atoms. The van der Waals surface area contributed by atoms with Crippen LogP contribution < -0.4 is 5.73 Å². The molecule has 110 valence electrons. The molecule has 1 fully saturated rings. The lowest BCUT2D eigenvalue weighted by atomic mass is 9.98. The molecule has 1 aliphatic heterocycles. The Morgan fingerprint density at radius 2 is 1.89 bits per heavy atom. The zero-order valence-electron chi connectivity index (χ0n) is 12.9. The molecule has 0 aliphatic carbocycles. The molecule has 0 bridgehead atoms. The van der Waals surface area contributed by atoms with Gasteiger partial charge in [-0.25, -0.2) is 0 Å². The van der Waals surface area contributed by atoms with Crippen LogP contribution in [0.3, 0.4) is 0 Å². The van der Waals surface area contributed by atoms with E-state index in [0.29, 0.717) is 0 Å². The standard InChI is InChI=1S/C15H30N4/c1-4-14(2)19-11-9-18(10-12-19)8-6-5-7-15(3,17)13-16/h14H,4-12,17H2,1-3H3. The Balaban J connectivity index is 2.12. The van der Waals surface area contributed by atoms with E-state index in [0.717, 1.165) is 31.8 Å². The van der Waals surface area contributed by atoms with Crippen LogP contribution in [-0.2, 0) is 0 Å². The van der Waals surface area contributed by atoms with E-state index in [1.165, 1.54) is 32.6 Å². The second-order valence-electron chi connectivity index (χ2n) is 6.12. The highest BCUT2D eigenvalue weighted by molar-refractivity contribution is 5.00. The van der Waals surface area contributed by atoms with Gasteiger partial charge in [0.25, 0.3) is 0 Å². The van der Waals surface area contributed by atoms with Crippen LogP contribution in [0.5, 0.6) is 0 Å². The van der Waals surface area contributed by atoms with Crippen molar-refractivity contribution in [1.82, 2.24) is 9.80 Å². The number of nitriles is 1. The van der Waals surface area contributed by atoms with Crippen LogP contribution in [0.4, 0.5) is 0 Å². The average Bonchev–Trinajstić information content (AvgIpc) is 2.43. The minimum atomic E-state index is -0.644. The Morgan fingerprint density at radius 1 is 1.26 bits per heavy atom. The van der Waals surface area contributed by atoms with Crippen molar-refractivity contribution in [2.45, 2.75) is 58.0 Å². The van der Waals surface area contributed by atoms with Gasteiger partial charge in [-0.05, 0) is 46.1 Å². The van der Waals surface area contributed by atoms with E-state index in [-0.39, 0.29) is 0 Å². The molecule has 1 rings (SSSR count). The van der Waals surface area contributed by atoms with Crippen molar-refractivity contribution in [1.29, 1.82) is 5.26 Å². The largest absolute Gasteiger partial charge is 0.314 e. The molecule has 1 heterocycles. The number of nitrogens with zero attached hydrogens (tertiary/aromatic N) is 3. The monoisotopic (exact) mass is 266 g/mol. The zero-order chi connectivity index (χ0) is 14.3. The smallest absolute Gasteiger partial charge is 0.101 e. The van der Waals surface area contributed by atoms with Crippen LogP contribution in [0.1, 0.15) is 46.5 Å². The summed E-state index contributed by atoms with van der Waals surface area (Å²) in [7, 11) is 0. The summed E-state index contributed by atoms with van der Waals surface area (Å²) in [6, 6.07) is 2.88. The van der Waals surface area contributed by atoms with Gasteiger partial charge in [-0.2, -0.15) is 5.26 Å². The van der Waals surface area contributed by atoms with Gasteiger partial charge in [-0.1, -0.05) is 6.92 Å². The minimum absolute atomic E-state index is 0.644. The first-order valence-electron chi connectivity index (χ1n) is 7.65. The third-order valence-electron chi connectivity index (χ3n) is 4.30. The van der Waals surface area contributed by atoms with Gasteiger partial charge in [0.15, 0.2) is 0 Å². The van der Waals surface area contributed by atoms with E-state index < -0.39 is 5.54 Å². The molecular weight excluding hydrogens is 236 g/mol. The Labute approximate surface area is 118 Å². The Hall–Kier alpha value is -0.630. The maximum absolute atomic E-state index is 8.86. The SMILES string of the molecule is CCC(C)N1CCN(CCCCC(C)(N)C#N)CC1. The van der Waals surface area contributed by atoms with Gasteiger partial charge < -0.3 is 10.6 Å². The van der Waals surface area contributed by atoms with Crippen LogP contribution in [-0.4, -0.2) is 54.1 Å². The average molecular weight is 266 g/mol. The summed E-state index contributed by atoms with van der Waals surface area (Å²) in [4.78, 5) is 5.13. The third kappa shape index (κ3) is 5.90. The molecule has 4 nitrogen and oxygen atoms in total. The number of hydrogen-bond acceptors (Lipinski definition) is 4. The summed E-state index contributed by atoms with van der Waals surface area (Å²) in [5.74, 6) is 0. The molecular formula is C15H30N4. The van der Waals surface area contributed by atoms with Gasteiger partial charge in [-0.3, -0.25) is 4.90 Å². The Morgan fingerprint density at radius 3 is 2.42 bits per heavy atom. The predicted octanol–water partition coefficient (Wildman–Crippen LogP) is 1.81. The lowest BCUT2D eigenvalue weighted by molar-refractivity contribution is 0.0993. The van der Waals surface area contributed by atoms with E-state index in [1.54, 1.807) is 0 Å². The summed E-state index contributed by atoms with van der Waals surface area (Å²) in [5, 5.41) is 8.86. The van der Waals surface area contributed by atoms with Gasteiger partial charge in [0.1, 0.15) is 5.54 Å². The third-order valence-corrected chi connectivity index (χ3v) is 4.30. The first kappa shape index (κ1) is 16.4. The van der Waals surface area contributed by atoms with Crippen molar-refractivity contribution in [3.8, 4) is 6.07 Å². The highest BCUT2D eigenvalue weighted by Crippen LogP contribution is 2.12. The molecule has 0 saturated carbocycles. The molecule has 0 aromatic heterocycles. The van der Waals surface area contributed by atoms with Crippen LogP contribution in [0.15, 0.2) is 0 Å². The number of piperazine rings is 1. The summed E-state index contributed by atoms with van der Waals surface area (Å²) in [5.41, 5.74) is 5.18. The maximum atomic E-state index is 8.86. The van der Waals surface area contributed by atoms with Crippen molar-refractivity contribution in [3.63, 3.8) is 0 Å². The van der Waals surface area contributed by atoms with E-state index in [9.17, 15) is 0 Å². The van der Waals surface area contributed by atoms with Crippen molar-refractivity contribution in [3.05, 3.63) is 0 Å². The molecule has 0 amide bonds. The first-order valence-corrected chi connectivity index (χ1v) is 7.65. The van der Waals surface area contributed by atoms with Gasteiger partial charge in [-0.15, -0.1) is 0 Å². The molecule has 0 aromatic carbocycles. The summed E-state index contributed by atoms with van der Waals surface area (Å²) >= 11 is 0. The fourth-order valence-electron chi connectivity index (χ4n) is 2.57. The fourth-order valence-corrected chi connectivity index (χ4v) is 2.57. The summed E-state index contributed by atoms with van der Waals surface area (Å²) in [6.45, 7) is 12.3. The molecule has 0 radical (unpaired) electrons. The maximum Gasteiger partial charge on any atom is 0.101 e. The highest BCUT2D eigenvalue weighted by atomic mass is 15.3. The van der Waals surface area contributed by atoms with Crippen molar-refractivity contribution < 1.29 is 0 Å². The molecule has 4 heteroatoms. The van der Waals surface area contributed by atoms with Crippen LogP contribution in [0.2, 0.25) is 0 Å². The van der Waals surface area contributed by atoms with Gasteiger partial charge in [0.05, 0.1) is 6.07 Å². The lowest BCUT2D eigenvalue weighted by Crippen LogP contribution is -2.49. The highest BCUT2D eigenvalue weighted by Gasteiger charge is 2.20. The van der Waals surface area contributed by atoms with Crippen molar-refractivity contribution in [2.24, 2.45) is 5.73 Å². The van der Waals surface area contributed by atoms with E-state index in [1.807, 2.05) is 6.92 Å². The normalized spacial score (nSPS) is 22.7. The molecule has 2 atom stereocenters. The summed E-state index contributed by atoms with van der Waals surface area (Å²) in [6.07, 6.45) is 4.24. The number of rotatable bonds is 7. The molecule has 1 aliphatic rings. The topological polar surface area (TPSA) is 56.3 Å². The molecule has 19 heavy (non-hydrogen) atoms. The Bertz CT molecular complexity index is 287. The number of hydrogen-bond donors (Lipinski definition) is 1. The fraction of sp³-hybridized carbons (Fsp3) is 0.933. The molecule has 2 N–H and O–H groups in total. The molecule has 1 saturated heterocycles. The predicted molar refractivity (Wildman–Crippen MR) is 79.8 cm³/mol. The van der Waals surface area contributed by atoms with Gasteiger partial charge in [0.2, 0.25) is 0 Å². The summed E-state index contributed by atoms with van der Waals surface area (Å²) < 4.78 is 0. The van der Waals surface area contributed by atoms with E-state index >= 15 is 0 Å². The van der Waals surface area contributed by atoms with Crippen LogP contribution >= 0.6 is 0 Å². The second kappa shape index (κ2) is 7.84. The number of unbranched alkanes of at least 4 members (excludes halogenated alkanes) is 1. The zero-order valence-corrected chi connectivity index (χ0v) is 12.9.